The second-order valence-electron chi connectivity index (χ2n) is 3.46. The van der Waals surface area contributed by atoms with Crippen molar-refractivity contribution in [3.8, 4) is 6.07 Å². The second kappa shape index (κ2) is 5.99. The van der Waals surface area contributed by atoms with Crippen molar-refractivity contribution in [2.75, 3.05) is 6.54 Å². The van der Waals surface area contributed by atoms with Gasteiger partial charge in [-0.25, -0.2) is 17.9 Å². The van der Waals surface area contributed by atoms with Crippen LogP contribution in [0.1, 0.15) is 5.56 Å². The van der Waals surface area contributed by atoms with Crippen LogP contribution in [0.25, 0.3) is 0 Å². The quantitative estimate of drug-likeness (QED) is 0.699. The molecule has 102 valence electrons. The van der Waals surface area contributed by atoms with Crippen LogP contribution in [-0.2, 0) is 14.8 Å². The van der Waals surface area contributed by atoms with E-state index in [4.69, 9.17) is 27.1 Å². The minimum atomic E-state index is -4.00. The third-order valence-corrected chi connectivity index (χ3v) is 3.86. The van der Waals surface area contributed by atoms with Crippen LogP contribution >= 0.6 is 11.6 Å². The molecule has 1 atom stereocenters. The molecule has 0 heterocycles. The van der Waals surface area contributed by atoms with Gasteiger partial charge in [-0.05, 0) is 18.2 Å². The zero-order valence-electron chi connectivity index (χ0n) is 9.37. The molecule has 0 saturated heterocycles. The molecule has 0 fully saturated rings. The first kappa shape index (κ1) is 15.4. The number of halogens is 1. The van der Waals surface area contributed by atoms with E-state index >= 15 is 0 Å². The molecule has 0 saturated carbocycles. The molecule has 0 radical (unpaired) electrons. The van der Waals surface area contributed by atoms with Crippen molar-refractivity contribution in [3.05, 3.63) is 28.8 Å². The lowest BCUT2D eigenvalue weighted by molar-refractivity contribution is -0.146. The first-order valence-corrected chi connectivity index (χ1v) is 6.74. The van der Waals surface area contributed by atoms with E-state index in [-0.39, 0.29) is 15.5 Å². The molecule has 9 heteroatoms. The lowest BCUT2D eigenvalue weighted by Crippen LogP contribution is -2.36. The third-order valence-electron chi connectivity index (χ3n) is 2.12. The molecule has 7 nitrogen and oxygen atoms in total. The smallest absolute Gasteiger partial charge is 0.333 e. The Morgan fingerprint density at radius 1 is 1.53 bits per heavy atom. The van der Waals surface area contributed by atoms with Crippen LogP contribution in [0.3, 0.4) is 0 Å². The normalized spacial score (nSPS) is 12.7. The van der Waals surface area contributed by atoms with Crippen LogP contribution in [-0.4, -0.2) is 37.2 Å². The number of nitrogens with zero attached hydrogens (tertiary/aromatic N) is 1. The van der Waals surface area contributed by atoms with Crippen LogP contribution in [0.4, 0.5) is 0 Å². The highest BCUT2D eigenvalue weighted by Crippen LogP contribution is 2.19. The molecule has 0 spiro atoms. The maximum Gasteiger partial charge on any atom is 0.333 e. The highest BCUT2D eigenvalue weighted by atomic mass is 35.5. The summed E-state index contributed by atoms with van der Waals surface area (Å²) in [6, 6.07) is 5.22. The van der Waals surface area contributed by atoms with E-state index in [1.807, 2.05) is 4.72 Å². The molecule has 1 aromatic carbocycles. The molecule has 0 bridgehead atoms. The van der Waals surface area contributed by atoms with Gasteiger partial charge in [-0.3, -0.25) is 0 Å². The Morgan fingerprint density at radius 2 is 2.16 bits per heavy atom. The van der Waals surface area contributed by atoms with Crippen LogP contribution in [0.2, 0.25) is 5.02 Å². The zero-order chi connectivity index (χ0) is 14.6. The molecular formula is C10H9ClN2O5S. The van der Waals surface area contributed by atoms with E-state index in [1.165, 1.54) is 6.07 Å². The van der Waals surface area contributed by atoms with Crippen LogP contribution in [0.15, 0.2) is 23.1 Å². The molecule has 0 aromatic heterocycles. The number of aliphatic hydroxyl groups excluding tert-OH is 1. The number of aliphatic carboxylic acids is 1. The van der Waals surface area contributed by atoms with Crippen molar-refractivity contribution in [1.82, 2.24) is 4.72 Å². The Balaban J connectivity index is 2.93. The average molecular weight is 305 g/mol. The van der Waals surface area contributed by atoms with E-state index in [9.17, 15) is 13.2 Å². The second-order valence-corrected chi connectivity index (χ2v) is 5.63. The number of nitrogens with one attached hydrogen (secondary N) is 1. The SMILES string of the molecule is N#Cc1ccc(S(=O)(=O)NCC(O)C(=O)O)cc1Cl. The van der Waals surface area contributed by atoms with Gasteiger partial charge in [0.2, 0.25) is 10.0 Å². The molecule has 0 aliphatic rings. The molecule has 0 aliphatic carbocycles. The standard InChI is InChI=1S/C10H9ClN2O5S/c11-8-3-7(2-1-6(8)4-12)19(17,18)13-5-9(14)10(15)16/h1-3,9,13-14H,5H2,(H,15,16). The van der Waals surface area contributed by atoms with Gasteiger partial charge in [-0.1, -0.05) is 11.6 Å². The highest BCUT2D eigenvalue weighted by molar-refractivity contribution is 7.89. The van der Waals surface area contributed by atoms with Gasteiger partial charge in [0.15, 0.2) is 6.10 Å². The van der Waals surface area contributed by atoms with E-state index in [1.54, 1.807) is 6.07 Å². The van der Waals surface area contributed by atoms with Crippen molar-refractivity contribution >= 4 is 27.6 Å². The largest absolute Gasteiger partial charge is 0.479 e. The van der Waals surface area contributed by atoms with E-state index in [2.05, 4.69) is 0 Å². The predicted octanol–water partition coefficient (Wildman–Crippen LogP) is -0.0645. The Bertz CT molecular complexity index is 638. The number of hydrogen-bond acceptors (Lipinski definition) is 5. The maximum atomic E-state index is 11.8. The molecule has 19 heavy (non-hydrogen) atoms. The number of carboxylic acid groups (broad SMARTS) is 1. The van der Waals surface area contributed by atoms with Gasteiger partial charge in [0.05, 0.1) is 15.5 Å². The van der Waals surface area contributed by atoms with E-state index in [0.29, 0.717) is 0 Å². The molecule has 0 aliphatic heterocycles. The Hall–Kier alpha value is -1.66. The summed E-state index contributed by atoms with van der Waals surface area (Å²) in [6.45, 7) is -0.671. The topological polar surface area (TPSA) is 127 Å². The molecule has 3 N–H and O–H groups in total. The lowest BCUT2D eigenvalue weighted by atomic mass is 10.2. The summed E-state index contributed by atoms with van der Waals surface area (Å²) in [5.74, 6) is -1.54. The number of rotatable bonds is 5. The Labute approximate surface area is 114 Å². The number of sulfonamides is 1. The van der Waals surface area contributed by atoms with Crippen LogP contribution < -0.4 is 4.72 Å². The molecule has 1 aromatic rings. The van der Waals surface area contributed by atoms with Gasteiger partial charge in [-0.2, -0.15) is 5.26 Å². The van der Waals surface area contributed by atoms with Gasteiger partial charge in [0.1, 0.15) is 6.07 Å². The van der Waals surface area contributed by atoms with Crippen molar-refractivity contribution in [2.24, 2.45) is 0 Å². The predicted molar refractivity (Wildman–Crippen MR) is 65.0 cm³/mol. The summed E-state index contributed by atoms with van der Waals surface area (Å²) in [5.41, 5.74) is 0.117. The first-order valence-electron chi connectivity index (χ1n) is 4.88. The summed E-state index contributed by atoms with van der Waals surface area (Å²) in [7, 11) is -4.00. The number of carbonyl (C=O) groups is 1. The van der Waals surface area contributed by atoms with Gasteiger partial charge < -0.3 is 10.2 Å². The number of nitriles is 1. The monoisotopic (exact) mass is 304 g/mol. The van der Waals surface area contributed by atoms with Gasteiger partial charge >= 0.3 is 5.97 Å². The number of carboxylic acids is 1. The van der Waals surface area contributed by atoms with Crippen molar-refractivity contribution < 1.29 is 23.4 Å². The summed E-state index contributed by atoms with van der Waals surface area (Å²) < 4.78 is 25.4. The van der Waals surface area contributed by atoms with Crippen molar-refractivity contribution in [2.45, 2.75) is 11.0 Å². The lowest BCUT2D eigenvalue weighted by Gasteiger charge is -2.09. The van der Waals surface area contributed by atoms with Gasteiger partial charge in [0.25, 0.3) is 0 Å². The average Bonchev–Trinajstić information content (AvgIpc) is 2.35. The summed E-state index contributed by atoms with van der Waals surface area (Å²) >= 11 is 5.69. The molecular weight excluding hydrogens is 296 g/mol. The number of benzene rings is 1. The fraction of sp³-hybridized carbons (Fsp3) is 0.200. The minimum absolute atomic E-state index is 0.0378. The third kappa shape index (κ3) is 3.90. The van der Waals surface area contributed by atoms with Crippen molar-refractivity contribution in [1.29, 1.82) is 5.26 Å². The fourth-order valence-corrected chi connectivity index (χ4v) is 2.46. The fourth-order valence-electron chi connectivity index (χ4n) is 1.11. The van der Waals surface area contributed by atoms with Gasteiger partial charge in [-0.15, -0.1) is 0 Å². The van der Waals surface area contributed by atoms with E-state index in [0.717, 1.165) is 12.1 Å². The van der Waals surface area contributed by atoms with Gasteiger partial charge in [0, 0.05) is 6.54 Å². The number of hydrogen-bond donors (Lipinski definition) is 3. The number of aliphatic hydroxyl groups is 1. The summed E-state index contributed by atoms with van der Waals surface area (Å²) in [5, 5.41) is 26.0. The molecule has 1 unspecified atom stereocenters. The van der Waals surface area contributed by atoms with Crippen LogP contribution in [0.5, 0.6) is 0 Å². The maximum absolute atomic E-state index is 11.8. The highest BCUT2D eigenvalue weighted by Gasteiger charge is 2.20. The Morgan fingerprint density at radius 3 is 2.63 bits per heavy atom. The summed E-state index contributed by atoms with van der Waals surface area (Å²) in [4.78, 5) is 10.1. The zero-order valence-corrected chi connectivity index (χ0v) is 10.9. The molecule has 1 rings (SSSR count). The Kier molecular flexibility index (Phi) is 4.85. The minimum Gasteiger partial charge on any atom is -0.479 e. The van der Waals surface area contributed by atoms with Crippen molar-refractivity contribution in [3.63, 3.8) is 0 Å². The summed E-state index contributed by atoms with van der Waals surface area (Å²) in [6.07, 6.45) is -1.84. The van der Waals surface area contributed by atoms with E-state index < -0.39 is 28.6 Å². The van der Waals surface area contributed by atoms with Crippen LogP contribution in [0, 0.1) is 11.3 Å². The first-order chi connectivity index (χ1) is 8.77. The molecule has 0 amide bonds.